The maximum atomic E-state index is 6.36. The summed E-state index contributed by atoms with van der Waals surface area (Å²) in [7, 11) is 0. The fourth-order valence-electron chi connectivity index (χ4n) is 18.5. The summed E-state index contributed by atoms with van der Waals surface area (Å²) in [6.07, 6.45) is 0. The smallest absolute Gasteiger partial charge is 0.159 e. The maximum Gasteiger partial charge on any atom is 0.159 e. The standard InChI is InChI=1S/2C26H15NOS.2C26H15NS2/c1-3-9-20-19(7-1)24-21(13-12-16-14-15-29-26(16)24)27(20)22-10-5-8-18-17-6-2-4-11-23(17)28-25(18)22;1-3-7-21-19(6-1)25-22(11-9-16-13-14-29-26(16)25)27(21)17-10-12-24-20(15-17)18-5-2-4-8-23(18)28-24;1-3-9-20-19(7-1)24-21(13-12-16-14-15-28-25(16)24)27(20)22-10-5-8-18-17-6-2-4-11-23(17)29-26(18)22;1-3-7-21-19(6-1)25-22(11-9-16-13-14-28-26(16)25)27(21)17-10-12-24-20(15-17)18-5-2-4-8-23(18)29-24/h4*1-15H. The first-order valence-electron chi connectivity index (χ1n) is 38.8. The van der Waals surface area contributed by atoms with Gasteiger partial charge in [-0.2, -0.15) is 0 Å². The van der Waals surface area contributed by atoms with Crippen LogP contribution in [0.3, 0.4) is 0 Å². The Morgan fingerprint density at radius 1 is 0.198 bits per heavy atom. The number of para-hydroxylation sites is 7. The minimum absolute atomic E-state index is 0.927. The number of aromatic nitrogens is 4. The summed E-state index contributed by atoms with van der Waals surface area (Å²) >= 11 is 11.1. The van der Waals surface area contributed by atoms with Crippen molar-refractivity contribution < 1.29 is 8.83 Å². The molecular weight excluding hydrogens is 1530 g/mol. The zero-order valence-corrected chi connectivity index (χ0v) is 66.6. The van der Waals surface area contributed by atoms with Gasteiger partial charge in [-0.15, -0.1) is 68.0 Å². The van der Waals surface area contributed by atoms with Crippen molar-refractivity contribution in [2.24, 2.45) is 0 Å². The largest absolute Gasteiger partial charge is 0.456 e. The van der Waals surface area contributed by atoms with Crippen molar-refractivity contribution in [2.45, 2.75) is 0 Å². The minimum Gasteiger partial charge on any atom is -0.456 e. The zero-order chi connectivity index (χ0) is 75.8. The summed E-state index contributed by atoms with van der Waals surface area (Å²) in [5.41, 5.74) is 18.5. The molecule has 28 aromatic rings. The lowest BCUT2D eigenvalue weighted by atomic mass is 10.1. The van der Waals surface area contributed by atoms with Crippen LogP contribution in [0.4, 0.5) is 0 Å². The maximum absolute atomic E-state index is 6.36. The molecule has 0 saturated heterocycles. The number of rotatable bonds is 4. The minimum atomic E-state index is 0.927. The molecular formula is C104H60N4O2S6. The van der Waals surface area contributed by atoms with Crippen molar-refractivity contribution in [3.63, 3.8) is 0 Å². The summed E-state index contributed by atoms with van der Waals surface area (Å²) in [5.74, 6) is 0. The second-order valence-corrected chi connectivity index (χ2v) is 35.5. The molecule has 0 aliphatic rings. The third kappa shape index (κ3) is 9.96. The highest BCUT2D eigenvalue weighted by atomic mass is 32.1. The lowest BCUT2D eigenvalue weighted by Gasteiger charge is -2.09. The third-order valence-electron chi connectivity index (χ3n) is 23.5. The van der Waals surface area contributed by atoms with Crippen LogP contribution >= 0.6 is 68.0 Å². The van der Waals surface area contributed by atoms with E-state index in [-0.39, 0.29) is 0 Å². The van der Waals surface area contributed by atoms with Crippen molar-refractivity contribution in [1.29, 1.82) is 0 Å². The molecule has 12 heteroatoms. The average molecular weight is 1590 g/mol. The van der Waals surface area contributed by atoms with Crippen LogP contribution in [-0.2, 0) is 0 Å². The molecule has 0 aliphatic heterocycles. The van der Waals surface area contributed by atoms with Gasteiger partial charge >= 0.3 is 0 Å². The second-order valence-electron chi connectivity index (χ2n) is 29.7. The van der Waals surface area contributed by atoms with Crippen LogP contribution < -0.4 is 0 Å². The van der Waals surface area contributed by atoms with E-state index >= 15 is 0 Å². The van der Waals surface area contributed by atoms with E-state index in [1.807, 2.05) is 92.3 Å². The Labute approximate surface area is 685 Å². The summed E-state index contributed by atoms with van der Waals surface area (Å²) < 4.78 is 32.9. The molecule has 0 bridgehead atoms. The Balaban J connectivity index is 0.0000000866. The van der Waals surface area contributed by atoms with Gasteiger partial charge < -0.3 is 27.1 Å². The normalized spacial score (nSPS) is 12.1. The Kier molecular flexibility index (Phi) is 14.9. The van der Waals surface area contributed by atoms with Gasteiger partial charge in [-0.3, -0.25) is 0 Å². The molecule has 0 atom stereocenters. The summed E-state index contributed by atoms with van der Waals surface area (Å²) in [5, 5.41) is 34.6. The molecule has 0 fully saturated rings. The first kappa shape index (κ1) is 66.1. The van der Waals surface area contributed by atoms with Crippen LogP contribution in [0.5, 0.6) is 0 Å². The lowest BCUT2D eigenvalue weighted by Crippen LogP contribution is -1.94. The van der Waals surface area contributed by atoms with E-state index in [2.05, 4.69) is 355 Å². The average Bonchev–Trinajstić information content (AvgIpc) is 1.60. The first-order valence-corrected chi connectivity index (χ1v) is 43.9. The van der Waals surface area contributed by atoms with Gasteiger partial charge in [0, 0.05) is 130 Å². The second kappa shape index (κ2) is 26.1. The van der Waals surface area contributed by atoms with Gasteiger partial charge in [-0.05, 0) is 189 Å². The number of furan rings is 2. The molecule has 544 valence electrons. The van der Waals surface area contributed by atoms with Crippen LogP contribution in [0.1, 0.15) is 0 Å². The predicted molar refractivity (Wildman–Crippen MR) is 505 cm³/mol. The Hall–Kier alpha value is -13.4. The number of nitrogens with zero attached hydrogens (tertiary/aromatic N) is 4. The van der Waals surface area contributed by atoms with E-state index in [4.69, 9.17) is 8.83 Å². The number of thiophene rings is 6. The van der Waals surface area contributed by atoms with Crippen molar-refractivity contribution in [3.8, 4) is 22.7 Å². The molecule has 0 aliphatic carbocycles. The lowest BCUT2D eigenvalue weighted by molar-refractivity contribution is 0.666. The molecule has 0 spiro atoms. The van der Waals surface area contributed by atoms with E-state index in [1.165, 1.54) is 179 Å². The van der Waals surface area contributed by atoms with Gasteiger partial charge in [-0.1, -0.05) is 194 Å². The first-order chi connectivity index (χ1) is 57.6. The Morgan fingerprint density at radius 3 is 1.07 bits per heavy atom. The molecule has 28 rings (SSSR count). The van der Waals surface area contributed by atoms with Gasteiger partial charge in [0.15, 0.2) is 5.58 Å². The van der Waals surface area contributed by atoms with Crippen molar-refractivity contribution in [1.82, 2.24) is 18.3 Å². The third-order valence-corrected chi connectivity index (χ3v) is 29.7. The van der Waals surface area contributed by atoms with Crippen molar-refractivity contribution >= 4 is 280 Å². The van der Waals surface area contributed by atoms with Gasteiger partial charge in [0.25, 0.3) is 0 Å². The van der Waals surface area contributed by atoms with E-state index in [0.717, 1.165) is 55.3 Å². The van der Waals surface area contributed by atoms with Crippen LogP contribution in [0.15, 0.2) is 370 Å². The van der Waals surface area contributed by atoms with Gasteiger partial charge in [0.05, 0.1) is 60.2 Å². The van der Waals surface area contributed by atoms with Crippen LogP contribution in [-0.4, -0.2) is 18.3 Å². The number of hydrogen-bond donors (Lipinski definition) is 0. The molecule has 0 saturated carbocycles. The van der Waals surface area contributed by atoms with Gasteiger partial charge in [0.1, 0.15) is 16.7 Å². The molecule has 116 heavy (non-hydrogen) atoms. The van der Waals surface area contributed by atoms with E-state index < -0.39 is 0 Å². The van der Waals surface area contributed by atoms with Crippen molar-refractivity contribution in [3.05, 3.63) is 361 Å². The number of fused-ring (bicyclic) bond motifs is 32. The van der Waals surface area contributed by atoms with Crippen LogP contribution in [0.2, 0.25) is 0 Å². The molecule has 12 aromatic heterocycles. The van der Waals surface area contributed by atoms with Crippen LogP contribution in [0, 0.1) is 0 Å². The summed E-state index contributed by atoms with van der Waals surface area (Å²) in [6, 6.07) is 122. The molecule has 6 nitrogen and oxygen atoms in total. The fraction of sp³-hybridized carbons (Fsp3) is 0. The highest BCUT2D eigenvalue weighted by molar-refractivity contribution is 7.26. The number of hydrogen-bond acceptors (Lipinski definition) is 8. The SMILES string of the molecule is c1ccc2c(c1)oc1c(-n3c4ccccc4c4c5sccc5ccc43)cccc12.c1ccc2c(c1)oc1ccc(-n3c4ccccc4c4c5sccc5ccc43)cc12.c1ccc2c(c1)sc1c(-n3c4ccccc4c4c5sccc5ccc43)cccc12.c1ccc2c(c1)sc1ccc(-n3c4ccccc4c4c5sccc5ccc43)cc12. The Bertz CT molecular complexity index is 8380. The molecule has 0 radical (unpaired) electrons. The Morgan fingerprint density at radius 2 is 0.552 bits per heavy atom. The quantitative estimate of drug-likeness (QED) is 0.176. The molecule has 0 amide bonds. The van der Waals surface area contributed by atoms with E-state index in [0.29, 0.717) is 0 Å². The van der Waals surface area contributed by atoms with E-state index in [9.17, 15) is 0 Å². The van der Waals surface area contributed by atoms with Crippen molar-refractivity contribution in [2.75, 3.05) is 0 Å². The molecule has 0 unspecified atom stereocenters. The van der Waals surface area contributed by atoms with Crippen LogP contribution in [0.25, 0.3) is 235 Å². The predicted octanol–water partition coefficient (Wildman–Crippen LogP) is 32.5. The monoisotopic (exact) mass is 1590 g/mol. The zero-order valence-electron chi connectivity index (χ0n) is 61.7. The van der Waals surface area contributed by atoms with Gasteiger partial charge in [0.2, 0.25) is 0 Å². The van der Waals surface area contributed by atoms with E-state index in [1.54, 1.807) is 0 Å². The topological polar surface area (TPSA) is 46.0 Å². The molecule has 0 N–H and O–H groups in total. The summed E-state index contributed by atoms with van der Waals surface area (Å²) in [6.45, 7) is 0. The fourth-order valence-corrected chi connectivity index (χ4v) is 24.6. The summed E-state index contributed by atoms with van der Waals surface area (Å²) in [4.78, 5) is 0. The molecule has 16 aromatic carbocycles. The van der Waals surface area contributed by atoms with Gasteiger partial charge in [-0.25, -0.2) is 0 Å². The highest BCUT2D eigenvalue weighted by Gasteiger charge is 2.24. The number of benzene rings is 16. The highest BCUT2D eigenvalue weighted by Crippen LogP contribution is 2.48. The molecule has 12 heterocycles.